The number of rotatable bonds is 3. The van der Waals surface area contributed by atoms with Crippen molar-refractivity contribution in [3.63, 3.8) is 0 Å². The van der Waals surface area contributed by atoms with E-state index in [1.165, 1.54) is 17.7 Å². The maximum atomic E-state index is 2.34. The maximum absolute atomic E-state index is 2.34. The van der Waals surface area contributed by atoms with Crippen LogP contribution in [-0.4, -0.2) is 4.75 Å². The minimum Gasteiger partial charge on any atom is -0.115 e. The standard InChI is InChI=1S/C12H14S/c1-2-8-12(9-10-12)13-11-6-4-3-5-7-11/h2-8H,9-10H2,1H3/b8-2+. The van der Waals surface area contributed by atoms with Crippen molar-refractivity contribution in [1.82, 2.24) is 0 Å². The topological polar surface area (TPSA) is 0 Å². The zero-order valence-corrected chi connectivity index (χ0v) is 8.68. The summed E-state index contributed by atoms with van der Waals surface area (Å²) in [5.41, 5.74) is 0. The van der Waals surface area contributed by atoms with E-state index in [0.29, 0.717) is 4.75 Å². The molecule has 0 aromatic heterocycles. The smallest absolute Gasteiger partial charge is 0.0387 e. The predicted octanol–water partition coefficient (Wildman–Crippen LogP) is 3.89. The second-order valence-electron chi connectivity index (χ2n) is 3.48. The SMILES string of the molecule is C/C=C/C1(Sc2ccccc2)CC1. The Hall–Kier alpha value is -0.690. The normalized spacial score (nSPS) is 19.2. The molecule has 13 heavy (non-hydrogen) atoms. The van der Waals surface area contributed by atoms with Gasteiger partial charge in [0.2, 0.25) is 0 Å². The fourth-order valence-corrected chi connectivity index (χ4v) is 2.73. The fraction of sp³-hybridized carbons (Fsp3) is 0.333. The molecule has 68 valence electrons. The van der Waals surface area contributed by atoms with Crippen LogP contribution in [0.4, 0.5) is 0 Å². The molecule has 1 heteroatoms. The Bertz CT molecular complexity index is 296. The van der Waals surface area contributed by atoms with Gasteiger partial charge in [-0.1, -0.05) is 30.4 Å². The summed E-state index contributed by atoms with van der Waals surface area (Å²) in [6.45, 7) is 2.10. The summed E-state index contributed by atoms with van der Waals surface area (Å²) in [5.74, 6) is 0. The van der Waals surface area contributed by atoms with Gasteiger partial charge in [0, 0.05) is 9.64 Å². The van der Waals surface area contributed by atoms with Crippen LogP contribution < -0.4 is 0 Å². The van der Waals surface area contributed by atoms with Crippen molar-refractivity contribution in [2.75, 3.05) is 0 Å². The van der Waals surface area contributed by atoms with Crippen molar-refractivity contribution in [2.45, 2.75) is 29.4 Å². The van der Waals surface area contributed by atoms with Gasteiger partial charge >= 0.3 is 0 Å². The average molecular weight is 190 g/mol. The molecule has 0 atom stereocenters. The molecule has 1 aromatic carbocycles. The van der Waals surface area contributed by atoms with E-state index in [0.717, 1.165) is 0 Å². The van der Waals surface area contributed by atoms with E-state index >= 15 is 0 Å². The number of hydrogen-bond acceptors (Lipinski definition) is 1. The number of benzene rings is 1. The van der Waals surface area contributed by atoms with Crippen LogP contribution in [0.1, 0.15) is 19.8 Å². The molecule has 0 aliphatic heterocycles. The first-order valence-corrected chi connectivity index (χ1v) is 5.54. The minimum absolute atomic E-state index is 0.441. The van der Waals surface area contributed by atoms with Crippen molar-refractivity contribution >= 4 is 11.8 Å². The van der Waals surface area contributed by atoms with E-state index in [2.05, 4.69) is 49.4 Å². The Morgan fingerprint density at radius 1 is 1.23 bits per heavy atom. The van der Waals surface area contributed by atoms with Gasteiger partial charge in [-0.15, -0.1) is 11.8 Å². The van der Waals surface area contributed by atoms with Gasteiger partial charge in [-0.05, 0) is 31.9 Å². The van der Waals surface area contributed by atoms with Crippen LogP contribution in [0.15, 0.2) is 47.4 Å². The monoisotopic (exact) mass is 190 g/mol. The highest BCUT2D eigenvalue weighted by Gasteiger charge is 2.40. The van der Waals surface area contributed by atoms with Crippen LogP contribution in [0.3, 0.4) is 0 Å². The van der Waals surface area contributed by atoms with Crippen LogP contribution in [0.2, 0.25) is 0 Å². The van der Waals surface area contributed by atoms with Crippen molar-refractivity contribution in [2.24, 2.45) is 0 Å². The molecule has 0 bridgehead atoms. The lowest BCUT2D eigenvalue weighted by Crippen LogP contribution is -1.95. The van der Waals surface area contributed by atoms with Gasteiger partial charge < -0.3 is 0 Å². The summed E-state index contributed by atoms with van der Waals surface area (Å²) in [4.78, 5) is 1.39. The first-order valence-electron chi connectivity index (χ1n) is 4.73. The van der Waals surface area contributed by atoms with Crippen LogP contribution >= 0.6 is 11.8 Å². The third-order valence-corrected chi connectivity index (χ3v) is 3.74. The molecule has 0 nitrogen and oxygen atoms in total. The summed E-state index contributed by atoms with van der Waals surface area (Å²) in [5, 5.41) is 0. The van der Waals surface area contributed by atoms with Gasteiger partial charge in [0.1, 0.15) is 0 Å². The molecule has 0 spiro atoms. The first kappa shape index (κ1) is 8.89. The molecule has 0 unspecified atom stereocenters. The Morgan fingerprint density at radius 3 is 2.46 bits per heavy atom. The zero-order valence-electron chi connectivity index (χ0n) is 7.86. The van der Waals surface area contributed by atoms with E-state index in [-0.39, 0.29) is 0 Å². The van der Waals surface area contributed by atoms with E-state index in [9.17, 15) is 0 Å². The molecule has 1 aliphatic rings. The van der Waals surface area contributed by atoms with E-state index in [4.69, 9.17) is 0 Å². The van der Waals surface area contributed by atoms with Gasteiger partial charge in [-0.3, -0.25) is 0 Å². The molecule has 0 saturated heterocycles. The van der Waals surface area contributed by atoms with Gasteiger partial charge in [-0.2, -0.15) is 0 Å². The van der Waals surface area contributed by atoms with Gasteiger partial charge in [-0.25, -0.2) is 0 Å². The molecule has 0 heterocycles. The Balaban J connectivity index is 2.06. The van der Waals surface area contributed by atoms with Crippen molar-refractivity contribution < 1.29 is 0 Å². The van der Waals surface area contributed by atoms with Gasteiger partial charge in [0.15, 0.2) is 0 Å². The third-order valence-electron chi connectivity index (χ3n) is 2.28. The van der Waals surface area contributed by atoms with Crippen molar-refractivity contribution in [1.29, 1.82) is 0 Å². The highest BCUT2D eigenvalue weighted by Crippen LogP contribution is 2.52. The van der Waals surface area contributed by atoms with Crippen LogP contribution in [0, 0.1) is 0 Å². The lowest BCUT2D eigenvalue weighted by Gasteiger charge is -2.08. The minimum atomic E-state index is 0.441. The quantitative estimate of drug-likeness (QED) is 0.652. The first-order chi connectivity index (χ1) is 6.35. The summed E-state index contributed by atoms with van der Waals surface area (Å²) >= 11 is 1.99. The summed E-state index contributed by atoms with van der Waals surface area (Å²) in [7, 11) is 0. The number of allylic oxidation sites excluding steroid dienone is 1. The summed E-state index contributed by atoms with van der Waals surface area (Å²) in [6.07, 6.45) is 7.17. The average Bonchev–Trinajstić information content (AvgIpc) is 2.87. The molecule has 1 aliphatic carbocycles. The highest BCUT2D eigenvalue weighted by atomic mass is 32.2. The molecule has 1 saturated carbocycles. The molecular formula is C12H14S. The lowest BCUT2D eigenvalue weighted by molar-refractivity contribution is 1.18. The Morgan fingerprint density at radius 2 is 1.92 bits per heavy atom. The Kier molecular flexibility index (Phi) is 2.45. The van der Waals surface area contributed by atoms with Crippen molar-refractivity contribution in [3.8, 4) is 0 Å². The van der Waals surface area contributed by atoms with Crippen LogP contribution in [-0.2, 0) is 0 Å². The number of thioether (sulfide) groups is 1. The van der Waals surface area contributed by atoms with E-state index < -0.39 is 0 Å². The molecule has 2 rings (SSSR count). The second kappa shape index (κ2) is 3.59. The Labute approximate surface area is 84.0 Å². The lowest BCUT2D eigenvalue weighted by atomic mass is 10.4. The molecule has 0 N–H and O–H groups in total. The zero-order chi connectivity index (χ0) is 9.15. The second-order valence-corrected chi connectivity index (χ2v) is 4.97. The third kappa shape index (κ3) is 2.16. The molecule has 0 amide bonds. The summed E-state index contributed by atoms with van der Waals surface area (Å²) < 4.78 is 0.441. The number of hydrogen-bond donors (Lipinski definition) is 0. The maximum Gasteiger partial charge on any atom is 0.0387 e. The van der Waals surface area contributed by atoms with Crippen LogP contribution in [0.25, 0.3) is 0 Å². The fourth-order valence-electron chi connectivity index (χ4n) is 1.45. The largest absolute Gasteiger partial charge is 0.115 e. The van der Waals surface area contributed by atoms with Gasteiger partial charge in [0.05, 0.1) is 0 Å². The summed E-state index contributed by atoms with van der Waals surface area (Å²) in [6, 6.07) is 10.7. The molecule has 1 fully saturated rings. The highest BCUT2D eigenvalue weighted by molar-refractivity contribution is 8.01. The molecular weight excluding hydrogens is 176 g/mol. The molecule has 0 radical (unpaired) electrons. The molecule has 1 aromatic rings. The predicted molar refractivity (Wildman–Crippen MR) is 59.1 cm³/mol. The van der Waals surface area contributed by atoms with Crippen molar-refractivity contribution in [3.05, 3.63) is 42.5 Å². The van der Waals surface area contributed by atoms with Crippen LogP contribution in [0.5, 0.6) is 0 Å². The van der Waals surface area contributed by atoms with Gasteiger partial charge in [0.25, 0.3) is 0 Å². The van der Waals surface area contributed by atoms with E-state index in [1.54, 1.807) is 0 Å². The van der Waals surface area contributed by atoms with E-state index in [1.807, 2.05) is 11.8 Å².